The van der Waals surface area contributed by atoms with Gasteiger partial charge >= 0.3 is 6.09 Å². The number of hydrogen-bond donors (Lipinski definition) is 1. The van der Waals surface area contributed by atoms with Gasteiger partial charge in [0.15, 0.2) is 0 Å². The average molecular weight is 396 g/mol. The second-order valence-corrected chi connectivity index (χ2v) is 7.72. The number of rotatable bonds is 10. The van der Waals surface area contributed by atoms with Crippen LogP contribution in [0.15, 0.2) is 29.6 Å². The number of carboxylic acid groups (broad SMARTS) is 1. The molecule has 2 rings (SSSR count). The van der Waals surface area contributed by atoms with Crippen molar-refractivity contribution in [2.45, 2.75) is 52.4 Å². The lowest BCUT2D eigenvalue weighted by Crippen LogP contribution is -2.34. The highest BCUT2D eigenvalue weighted by Crippen LogP contribution is 2.32. The largest absolute Gasteiger partial charge is 0.465 e. The zero-order valence-corrected chi connectivity index (χ0v) is 16.7. The number of amides is 1. The second-order valence-electron chi connectivity index (χ2n) is 6.83. The summed E-state index contributed by atoms with van der Waals surface area (Å²) in [6.07, 6.45) is 4.55. The predicted molar refractivity (Wildman–Crippen MR) is 107 cm³/mol. The van der Waals surface area contributed by atoms with Gasteiger partial charge in [-0.2, -0.15) is 0 Å². The maximum absolute atomic E-state index is 14.0. The molecule has 1 aromatic carbocycles. The summed E-state index contributed by atoms with van der Waals surface area (Å²) in [7, 11) is 0. The molecule has 1 amide bonds. The molecule has 1 heterocycles. The van der Waals surface area contributed by atoms with Crippen molar-refractivity contribution in [3.8, 4) is 0 Å². The minimum absolute atomic E-state index is 0.237. The summed E-state index contributed by atoms with van der Waals surface area (Å²) in [5, 5.41) is 12.2. The highest BCUT2D eigenvalue weighted by atomic mass is 32.1. The van der Waals surface area contributed by atoms with Crippen LogP contribution in [-0.2, 0) is 6.42 Å². The summed E-state index contributed by atoms with van der Waals surface area (Å²) in [5.41, 5.74) is 1.10. The van der Waals surface area contributed by atoms with Gasteiger partial charge in [-0.15, -0.1) is 11.3 Å². The fourth-order valence-electron chi connectivity index (χ4n) is 3.18. The van der Waals surface area contributed by atoms with E-state index in [1.165, 1.54) is 28.4 Å². The molecule has 3 nitrogen and oxygen atoms in total. The van der Waals surface area contributed by atoms with E-state index in [2.05, 4.69) is 13.8 Å². The first-order valence-electron chi connectivity index (χ1n) is 9.47. The van der Waals surface area contributed by atoms with Gasteiger partial charge in [0.2, 0.25) is 0 Å². The molecule has 27 heavy (non-hydrogen) atoms. The van der Waals surface area contributed by atoms with E-state index in [1.54, 1.807) is 0 Å². The molecule has 0 aliphatic carbocycles. The normalized spacial score (nSPS) is 12.1. The first kappa shape index (κ1) is 21.4. The highest BCUT2D eigenvalue weighted by molar-refractivity contribution is 7.14. The fraction of sp³-hybridized carbons (Fsp3) is 0.476. The zero-order chi connectivity index (χ0) is 19.8. The Labute approximate surface area is 163 Å². The summed E-state index contributed by atoms with van der Waals surface area (Å²) in [5.74, 6) is -0.933. The van der Waals surface area contributed by atoms with Gasteiger partial charge in [-0.1, -0.05) is 45.6 Å². The first-order valence-corrected chi connectivity index (χ1v) is 10.3. The van der Waals surface area contributed by atoms with Gasteiger partial charge < -0.3 is 5.11 Å². The topological polar surface area (TPSA) is 40.5 Å². The van der Waals surface area contributed by atoms with Crippen molar-refractivity contribution in [3.63, 3.8) is 0 Å². The number of unbranched alkanes of at least 4 members (excludes halogenated alkanes) is 2. The number of thiophene rings is 1. The van der Waals surface area contributed by atoms with E-state index in [-0.39, 0.29) is 6.42 Å². The molecule has 0 bridgehead atoms. The van der Waals surface area contributed by atoms with Crippen molar-refractivity contribution in [1.29, 1.82) is 0 Å². The van der Waals surface area contributed by atoms with Gasteiger partial charge in [0.1, 0.15) is 16.6 Å². The van der Waals surface area contributed by atoms with Crippen LogP contribution in [0.5, 0.6) is 0 Å². The van der Waals surface area contributed by atoms with Gasteiger partial charge in [-0.05, 0) is 41.0 Å². The van der Waals surface area contributed by atoms with Gasteiger partial charge in [0, 0.05) is 19.0 Å². The van der Waals surface area contributed by atoms with Crippen LogP contribution in [-0.4, -0.2) is 17.7 Å². The molecule has 2 aromatic rings. The molecule has 6 heteroatoms. The molecule has 0 spiro atoms. The lowest BCUT2D eigenvalue weighted by molar-refractivity contribution is 0.200. The molecular formula is C21H27F2NO2S. The summed E-state index contributed by atoms with van der Waals surface area (Å²) in [6, 6.07) is 5.31. The lowest BCUT2D eigenvalue weighted by atomic mass is 9.98. The monoisotopic (exact) mass is 395 g/mol. The van der Waals surface area contributed by atoms with Crippen LogP contribution in [0.3, 0.4) is 0 Å². The second kappa shape index (κ2) is 10.4. The molecule has 148 valence electrons. The van der Waals surface area contributed by atoms with E-state index in [9.17, 15) is 18.7 Å². The minimum atomic E-state index is -0.993. The molecule has 1 aromatic heterocycles. The molecule has 0 aliphatic rings. The van der Waals surface area contributed by atoms with Gasteiger partial charge in [-0.25, -0.2) is 13.6 Å². The van der Waals surface area contributed by atoms with E-state index in [1.807, 2.05) is 11.4 Å². The van der Waals surface area contributed by atoms with E-state index < -0.39 is 17.7 Å². The molecule has 0 saturated heterocycles. The van der Waals surface area contributed by atoms with E-state index in [0.29, 0.717) is 23.0 Å². The van der Waals surface area contributed by atoms with Crippen LogP contribution in [0, 0.1) is 17.6 Å². The summed E-state index contributed by atoms with van der Waals surface area (Å²) in [4.78, 5) is 13.3. The molecule has 0 fully saturated rings. The predicted octanol–water partition coefficient (Wildman–Crippen LogP) is 6.71. The van der Waals surface area contributed by atoms with Gasteiger partial charge in [0.25, 0.3) is 0 Å². The lowest BCUT2D eigenvalue weighted by Gasteiger charge is -2.25. The number of hydrogen-bond acceptors (Lipinski definition) is 2. The quantitative estimate of drug-likeness (QED) is 0.454. The Morgan fingerprint density at radius 2 is 1.96 bits per heavy atom. The Hall–Kier alpha value is -1.95. The number of benzene rings is 1. The molecule has 1 atom stereocenters. The standard InChI is InChI=1S/C21H27F2NO2S/c1-3-5-6-7-15(4-2)14-24(21(25)26)20-17(10-11-27-20)12-16-8-9-18(22)13-19(16)23/h8-11,13,15H,3-7,12,14H2,1-2H3,(H,25,26). The maximum Gasteiger partial charge on any atom is 0.412 e. The van der Waals surface area contributed by atoms with Crippen LogP contribution in [0.1, 0.15) is 57.1 Å². The zero-order valence-electron chi connectivity index (χ0n) is 15.9. The molecule has 1 N–H and O–H groups in total. The Kier molecular flexibility index (Phi) is 8.23. The Morgan fingerprint density at radius 1 is 1.19 bits per heavy atom. The van der Waals surface area contributed by atoms with E-state index in [0.717, 1.165) is 43.7 Å². The number of nitrogens with zero attached hydrogens (tertiary/aromatic N) is 1. The Morgan fingerprint density at radius 3 is 2.59 bits per heavy atom. The van der Waals surface area contributed by atoms with Crippen LogP contribution in [0.2, 0.25) is 0 Å². The first-order chi connectivity index (χ1) is 13.0. The minimum Gasteiger partial charge on any atom is -0.465 e. The Bertz CT molecular complexity index is 748. The van der Waals surface area contributed by atoms with Gasteiger partial charge in [0.05, 0.1) is 0 Å². The third-order valence-electron chi connectivity index (χ3n) is 4.83. The molecule has 0 saturated carbocycles. The van der Waals surface area contributed by atoms with Crippen LogP contribution < -0.4 is 4.90 Å². The molecule has 0 aliphatic heterocycles. The fourth-order valence-corrected chi connectivity index (χ4v) is 4.12. The van der Waals surface area contributed by atoms with Crippen molar-refractivity contribution in [2.24, 2.45) is 5.92 Å². The van der Waals surface area contributed by atoms with E-state index >= 15 is 0 Å². The summed E-state index contributed by atoms with van der Waals surface area (Å²) >= 11 is 1.34. The van der Waals surface area contributed by atoms with Crippen molar-refractivity contribution >= 4 is 22.4 Å². The van der Waals surface area contributed by atoms with Crippen LogP contribution in [0.25, 0.3) is 0 Å². The summed E-state index contributed by atoms with van der Waals surface area (Å²) < 4.78 is 27.1. The van der Waals surface area contributed by atoms with Crippen molar-refractivity contribution < 1.29 is 18.7 Å². The van der Waals surface area contributed by atoms with Crippen LogP contribution >= 0.6 is 11.3 Å². The third-order valence-corrected chi connectivity index (χ3v) is 5.81. The number of anilines is 1. The SMILES string of the molecule is CCCCCC(CC)CN(C(=O)O)c1sccc1Cc1ccc(F)cc1F. The van der Waals surface area contributed by atoms with Crippen molar-refractivity contribution in [3.05, 3.63) is 52.4 Å². The maximum atomic E-state index is 14.0. The third kappa shape index (κ3) is 6.03. The molecule has 1 unspecified atom stereocenters. The van der Waals surface area contributed by atoms with Gasteiger partial charge in [-0.3, -0.25) is 4.90 Å². The molecular weight excluding hydrogens is 368 g/mol. The number of halogens is 2. The Balaban J connectivity index is 2.18. The average Bonchev–Trinajstić information content (AvgIpc) is 3.08. The highest BCUT2D eigenvalue weighted by Gasteiger charge is 2.23. The van der Waals surface area contributed by atoms with Crippen molar-refractivity contribution in [1.82, 2.24) is 0 Å². The summed E-state index contributed by atoms with van der Waals surface area (Å²) in [6.45, 7) is 4.67. The molecule has 0 radical (unpaired) electrons. The van der Waals surface area contributed by atoms with Crippen LogP contribution in [0.4, 0.5) is 18.6 Å². The van der Waals surface area contributed by atoms with Crippen molar-refractivity contribution in [2.75, 3.05) is 11.4 Å². The van der Waals surface area contributed by atoms with E-state index in [4.69, 9.17) is 0 Å². The smallest absolute Gasteiger partial charge is 0.412 e. The number of carbonyl (C=O) groups is 1.